The molecule has 3 aromatic rings. The Balaban J connectivity index is 1.57. The van der Waals surface area contributed by atoms with Crippen molar-refractivity contribution in [2.75, 3.05) is 13.1 Å². The van der Waals surface area contributed by atoms with Crippen molar-refractivity contribution < 1.29 is 9.59 Å². The summed E-state index contributed by atoms with van der Waals surface area (Å²) >= 11 is 0. The van der Waals surface area contributed by atoms with Gasteiger partial charge in [0.05, 0.1) is 22.3 Å². The van der Waals surface area contributed by atoms with Crippen LogP contribution >= 0.6 is 0 Å². The molecule has 0 bridgehead atoms. The van der Waals surface area contributed by atoms with Crippen molar-refractivity contribution in [3.8, 4) is 0 Å². The van der Waals surface area contributed by atoms with E-state index in [9.17, 15) is 9.59 Å². The van der Waals surface area contributed by atoms with Crippen molar-refractivity contribution in [3.63, 3.8) is 0 Å². The molecule has 1 aliphatic rings. The Morgan fingerprint density at radius 1 is 1.07 bits per heavy atom. The third-order valence-corrected chi connectivity index (χ3v) is 5.43. The van der Waals surface area contributed by atoms with Gasteiger partial charge in [-0.05, 0) is 44.0 Å². The molecule has 0 aliphatic carbocycles. The highest BCUT2D eigenvalue weighted by Crippen LogP contribution is 2.31. The van der Waals surface area contributed by atoms with Crippen LogP contribution in [0.1, 0.15) is 50.9 Å². The monoisotopic (exact) mass is 374 g/mol. The molecule has 0 radical (unpaired) electrons. The van der Waals surface area contributed by atoms with E-state index in [0.717, 1.165) is 35.1 Å². The molecule has 6 heteroatoms. The molecule has 2 N–H and O–H groups in total. The summed E-state index contributed by atoms with van der Waals surface area (Å²) in [5.74, 6) is -0.352. The number of primary amides is 1. The van der Waals surface area contributed by atoms with Crippen molar-refractivity contribution in [2.24, 2.45) is 5.73 Å². The average molecular weight is 374 g/mol. The number of pyridine rings is 2. The Morgan fingerprint density at radius 3 is 2.54 bits per heavy atom. The zero-order valence-electron chi connectivity index (χ0n) is 15.8. The number of amides is 2. The Hall–Kier alpha value is -3.28. The number of para-hydroxylation sites is 1. The lowest BCUT2D eigenvalue weighted by atomic mass is 9.89. The van der Waals surface area contributed by atoms with Crippen LogP contribution in [0.2, 0.25) is 0 Å². The highest BCUT2D eigenvalue weighted by Gasteiger charge is 2.28. The molecule has 142 valence electrons. The molecule has 2 aromatic heterocycles. The predicted molar refractivity (Wildman–Crippen MR) is 107 cm³/mol. The summed E-state index contributed by atoms with van der Waals surface area (Å²) in [5.41, 5.74) is 9.09. The van der Waals surface area contributed by atoms with Crippen LogP contribution in [0.4, 0.5) is 0 Å². The molecule has 1 aliphatic heterocycles. The Bertz CT molecular complexity index is 1060. The number of piperidine rings is 1. The lowest BCUT2D eigenvalue weighted by Crippen LogP contribution is -2.38. The van der Waals surface area contributed by atoms with Gasteiger partial charge in [-0.2, -0.15) is 0 Å². The van der Waals surface area contributed by atoms with Crippen molar-refractivity contribution in [1.82, 2.24) is 14.9 Å². The van der Waals surface area contributed by atoms with Crippen LogP contribution in [0.25, 0.3) is 10.9 Å². The third kappa shape index (κ3) is 3.33. The number of aromatic nitrogens is 2. The second-order valence-corrected chi connectivity index (χ2v) is 7.18. The first kappa shape index (κ1) is 18.1. The van der Waals surface area contributed by atoms with E-state index in [2.05, 4.69) is 4.98 Å². The predicted octanol–water partition coefficient (Wildman–Crippen LogP) is 3.06. The number of hydrogen-bond donors (Lipinski definition) is 1. The van der Waals surface area contributed by atoms with Gasteiger partial charge in [0, 0.05) is 36.3 Å². The van der Waals surface area contributed by atoms with Crippen LogP contribution in [0, 0.1) is 6.92 Å². The highest BCUT2D eigenvalue weighted by atomic mass is 16.2. The topological polar surface area (TPSA) is 89.2 Å². The molecule has 0 saturated carbocycles. The Kier molecular flexibility index (Phi) is 4.77. The van der Waals surface area contributed by atoms with Crippen molar-refractivity contribution >= 4 is 22.7 Å². The van der Waals surface area contributed by atoms with E-state index in [1.807, 2.05) is 48.2 Å². The van der Waals surface area contributed by atoms with Gasteiger partial charge in [-0.3, -0.25) is 19.6 Å². The molecule has 0 unspecified atom stereocenters. The van der Waals surface area contributed by atoms with Crippen LogP contribution in [0.5, 0.6) is 0 Å². The molecule has 4 rings (SSSR count). The van der Waals surface area contributed by atoms with E-state index in [4.69, 9.17) is 10.7 Å². The van der Waals surface area contributed by atoms with Gasteiger partial charge in [0.15, 0.2) is 0 Å². The van der Waals surface area contributed by atoms with E-state index in [-0.39, 0.29) is 11.8 Å². The van der Waals surface area contributed by atoms with Gasteiger partial charge < -0.3 is 10.6 Å². The number of hydrogen-bond acceptors (Lipinski definition) is 4. The number of carbonyl (C=O) groups excluding carboxylic acids is 2. The smallest absolute Gasteiger partial charge is 0.255 e. The quantitative estimate of drug-likeness (QED) is 0.763. The zero-order chi connectivity index (χ0) is 19.7. The van der Waals surface area contributed by atoms with E-state index in [1.54, 1.807) is 12.3 Å². The molecular weight excluding hydrogens is 352 g/mol. The van der Waals surface area contributed by atoms with E-state index < -0.39 is 5.91 Å². The van der Waals surface area contributed by atoms with Gasteiger partial charge in [-0.25, -0.2) is 0 Å². The maximum atomic E-state index is 12.8. The molecule has 6 nitrogen and oxygen atoms in total. The van der Waals surface area contributed by atoms with Crippen LogP contribution in [-0.4, -0.2) is 39.8 Å². The molecular formula is C22H22N4O2. The Morgan fingerprint density at radius 2 is 1.82 bits per heavy atom. The molecule has 1 fully saturated rings. The molecule has 3 heterocycles. The van der Waals surface area contributed by atoms with Gasteiger partial charge in [0.1, 0.15) is 0 Å². The zero-order valence-corrected chi connectivity index (χ0v) is 15.8. The lowest BCUT2D eigenvalue weighted by molar-refractivity contribution is 0.0709. The van der Waals surface area contributed by atoms with Gasteiger partial charge in [-0.1, -0.05) is 18.2 Å². The van der Waals surface area contributed by atoms with Gasteiger partial charge >= 0.3 is 0 Å². The SMILES string of the molecule is Cc1ncccc1C(=O)N1CCC(c2nc3ccccc3cc2C(N)=O)CC1. The number of nitrogens with two attached hydrogens (primary N) is 1. The van der Waals surface area contributed by atoms with Crippen LogP contribution in [0.15, 0.2) is 48.7 Å². The minimum Gasteiger partial charge on any atom is -0.366 e. The highest BCUT2D eigenvalue weighted by molar-refractivity contribution is 5.98. The number of nitrogens with zero attached hydrogens (tertiary/aromatic N) is 3. The normalized spacial score (nSPS) is 15.0. The molecule has 1 saturated heterocycles. The van der Waals surface area contributed by atoms with Crippen molar-refractivity contribution in [2.45, 2.75) is 25.7 Å². The largest absolute Gasteiger partial charge is 0.366 e. The summed E-state index contributed by atoms with van der Waals surface area (Å²) in [7, 11) is 0. The molecule has 0 atom stereocenters. The first-order chi connectivity index (χ1) is 13.5. The fourth-order valence-corrected chi connectivity index (χ4v) is 3.88. The third-order valence-electron chi connectivity index (χ3n) is 5.43. The molecule has 28 heavy (non-hydrogen) atoms. The average Bonchev–Trinajstić information content (AvgIpc) is 2.73. The number of fused-ring (bicyclic) bond motifs is 1. The number of aryl methyl sites for hydroxylation is 1. The summed E-state index contributed by atoms with van der Waals surface area (Å²) in [4.78, 5) is 35.6. The number of rotatable bonds is 3. The number of likely N-dealkylation sites (tertiary alicyclic amines) is 1. The standard InChI is InChI=1S/C22H22N4O2/c1-14-17(6-4-10-24-14)22(28)26-11-8-15(9-12-26)20-18(21(23)27)13-16-5-2-3-7-19(16)25-20/h2-7,10,13,15H,8-9,11-12H2,1H3,(H2,23,27). The summed E-state index contributed by atoms with van der Waals surface area (Å²) in [6.45, 7) is 3.08. The van der Waals surface area contributed by atoms with Crippen LogP contribution < -0.4 is 5.73 Å². The van der Waals surface area contributed by atoms with Gasteiger partial charge in [-0.15, -0.1) is 0 Å². The van der Waals surface area contributed by atoms with E-state index in [1.165, 1.54) is 0 Å². The lowest BCUT2D eigenvalue weighted by Gasteiger charge is -2.32. The number of benzene rings is 1. The van der Waals surface area contributed by atoms with Crippen molar-refractivity contribution in [3.05, 3.63) is 71.2 Å². The summed E-state index contributed by atoms with van der Waals surface area (Å²) < 4.78 is 0. The van der Waals surface area contributed by atoms with Crippen LogP contribution in [0.3, 0.4) is 0 Å². The minimum atomic E-state index is -0.460. The maximum absolute atomic E-state index is 12.8. The minimum absolute atomic E-state index is 0.00523. The fourth-order valence-electron chi connectivity index (χ4n) is 3.88. The first-order valence-electron chi connectivity index (χ1n) is 9.45. The fraction of sp³-hybridized carbons (Fsp3) is 0.273. The van der Waals surface area contributed by atoms with Gasteiger partial charge in [0.2, 0.25) is 0 Å². The summed E-state index contributed by atoms with van der Waals surface area (Å²) in [5, 5.41) is 0.903. The molecule has 1 aromatic carbocycles. The second-order valence-electron chi connectivity index (χ2n) is 7.18. The molecule has 0 spiro atoms. The van der Waals surface area contributed by atoms with Crippen LogP contribution in [-0.2, 0) is 0 Å². The van der Waals surface area contributed by atoms with E-state index >= 15 is 0 Å². The Labute approximate surface area is 163 Å². The first-order valence-corrected chi connectivity index (χ1v) is 9.45. The van der Waals surface area contributed by atoms with Gasteiger partial charge in [0.25, 0.3) is 11.8 Å². The number of carbonyl (C=O) groups is 2. The van der Waals surface area contributed by atoms with E-state index in [0.29, 0.717) is 24.2 Å². The molecule has 2 amide bonds. The second kappa shape index (κ2) is 7.38. The van der Waals surface area contributed by atoms with Crippen molar-refractivity contribution in [1.29, 1.82) is 0 Å². The summed E-state index contributed by atoms with van der Waals surface area (Å²) in [6.07, 6.45) is 3.18. The maximum Gasteiger partial charge on any atom is 0.255 e. The summed E-state index contributed by atoms with van der Waals surface area (Å²) in [6, 6.07) is 13.1.